The number of rotatable bonds is 14. The average molecular weight is 1170 g/mol. The summed E-state index contributed by atoms with van der Waals surface area (Å²) in [6.45, 7) is -0.477. The van der Waals surface area contributed by atoms with Gasteiger partial charge in [0.1, 0.15) is 22.8 Å². The van der Waals surface area contributed by atoms with Crippen LogP contribution in [0.25, 0.3) is 21.9 Å². The van der Waals surface area contributed by atoms with Gasteiger partial charge in [-0.25, -0.2) is 36.1 Å². The summed E-state index contributed by atoms with van der Waals surface area (Å²) >= 11 is 10.8. The van der Waals surface area contributed by atoms with E-state index in [1.165, 1.54) is 48.9 Å². The zero-order valence-corrected chi connectivity index (χ0v) is 39.4. The van der Waals surface area contributed by atoms with Crippen LogP contribution in [-0.2, 0) is 31.3 Å². The molecule has 0 saturated heterocycles. The highest BCUT2D eigenvalue weighted by atomic mass is 127. The van der Waals surface area contributed by atoms with Gasteiger partial charge >= 0.3 is 0 Å². The van der Waals surface area contributed by atoms with Crippen LogP contribution in [0.15, 0.2) is 69.9 Å². The van der Waals surface area contributed by atoms with Crippen LogP contribution in [0.3, 0.4) is 0 Å². The van der Waals surface area contributed by atoms with E-state index < -0.39 is 47.1 Å². The lowest BCUT2D eigenvalue weighted by atomic mass is 10.0. The molecule has 6 aromatic rings. The molecule has 8 N–H and O–H groups in total. The van der Waals surface area contributed by atoms with Gasteiger partial charge in [-0.15, -0.1) is 0 Å². The fourth-order valence-corrected chi connectivity index (χ4v) is 7.74. The number of benzene rings is 4. The highest BCUT2D eigenvalue weighted by molar-refractivity contribution is 14.1. The van der Waals surface area contributed by atoms with Gasteiger partial charge in [-0.3, -0.25) is 0 Å². The molecule has 0 bridgehead atoms. The Labute approximate surface area is 400 Å². The fraction of sp³-hybridized carbons (Fsp3) is 0.333. The molecule has 2 aliphatic carbocycles. The van der Waals surface area contributed by atoms with Crippen LogP contribution >= 0.6 is 71.0 Å². The smallest absolute Gasteiger partial charge is 0.170 e. The van der Waals surface area contributed by atoms with Crippen molar-refractivity contribution in [2.45, 2.75) is 74.8 Å². The van der Waals surface area contributed by atoms with Crippen molar-refractivity contribution >= 4 is 104 Å². The van der Waals surface area contributed by atoms with Crippen LogP contribution in [0.4, 0.5) is 37.7 Å². The number of aliphatic hydroxyl groups is 4. The number of hydrogen-bond donors (Lipinski definition) is 8. The first-order valence-electron chi connectivity index (χ1n) is 19.1. The molecule has 0 aliphatic heterocycles. The minimum atomic E-state index is -1.07. The zero-order valence-electron chi connectivity index (χ0n) is 33.3. The van der Waals surface area contributed by atoms with Crippen molar-refractivity contribution in [2.75, 3.05) is 24.7 Å². The van der Waals surface area contributed by atoms with E-state index in [1.54, 1.807) is 12.1 Å². The summed E-state index contributed by atoms with van der Waals surface area (Å²) in [7, 11) is 0. The summed E-state index contributed by atoms with van der Waals surface area (Å²) in [6.07, 6.45) is 4.96. The molecular formula is C42H42F6I2N2O10S2. The molecule has 8 rings (SSSR count). The topological polar surface area (TPSA) is 196 Å². The highest BCUT2D eigenvalue weighted by Crippen LogP contribution is 2.45. The first kappa shape index (κ1) is 52.0. The standard InChI is InChI=1S/2C15H9F3INO.2C6H12O4S/c2*16-11-6-8(19)2-1-7(11)5-10-13(18)12(17)9-3-4-21-15(9)14(10)20;2*7-4-5(8)3-6(1-2-6)9-10-11/h2*1-4,6H,5,20H2;2*5,7-8,11H,1-4H2/t;;2*5-/m..10/s1. The van der Waals surface area contributed by atoms with Gasteiger partial charge in [0.05, 0.1) is 60.1 Å². The molecule has 12 nitrogen and oxygen atoms in total. The first-order valence-corrected chi connectivity index (χ1v) is 22.0. The van der Waals surface area contributed by atoms with Gasteiger partial charge in [0.25, 0.3) is 0 Å². The molecule has 348 valence electrons. The third-order valence-electron chi connectivity index (χ3n) is 10.3. The van der Waals surface area contributed by atoms with Crippen LogP contribution in [0, 0.1) is 42.0 Å². The Morgan fingerprint density at radius 1 is 0.609 bits per heavy atom. The maximum atomic E-state index is 14.1. The number of thiol groups is 2. The quantitative estimate of drug-likeness (QED) is 0.00981. The van der Waals surface area contributed by atoms with Gasteiger partial charge in [-0.2, -0.15) is 8.67 Å². The second kappa shape index (κ2) is 23.1. The second-order valence-electron chi connectivity index (χ2n) is 15.0. The molecule has 0 amide bonds. The third kappa shape index (κ3) is 13.1. The number of fused-ring (bicyclic) bond motifs is 2. The number of nitrogen functional groups attached to an aromatic ring is 2. The Bertz CT molecular complexity index is 2360. The number of nitrogens with two attached hydrogens (primary N) is 2. The lowest BCUT2D eigenvalue weighted by molar-refractivity contribution is -0.249. The Morgan fingerprint density at radius 2 is 0.969 bits per heavy atom. The number of aliphatic hydroxyl groups excluding tert-OH is 4. The lowest BCUT2D eigenvalue weighted by Crippen LogP contribution is -2.24. The van der Waals surface area contributed by atoms with Crippen LogP contribution < -0.4 is 11.5 Å². The molecule has 2 aliphatic rings. The predicted molar refractivity (Wildman–Crippen MR) is 247 cm³/mol. The molecule has 2 atom stereocenters. The Morgan fingerprint density at radius 3 is 1.27 bits per heavy atom. The molecular weight excluding hydrogens is 1120 g/mol. The molecule has 64 heavy (non-hydrogen) atoms. The van der Waals surface area contributed by atoms with E-state index in [1.807, 2.05) is 45.2 Å². The zero-order chi connectivity index (χ0) is 46.9. The molecule has 2 heterocycles. The highest BCUT2D eigenvalue weighted by Gasteiger charge is 2.47. The largest absolute Gasteiger partial charge is 0.462 e. The number of hydrogen-bond acceptors (Lipinski definition) is 14. The summed E-state index contributed by atoms with van der Waals surface area (Å²) in [6, 6.07) is 11.7. The van der Waals surface area contributed by atoms with Crippen molar-refractivity contribution in [2.24, 2.45) is 0 Å². The normalized spacial score (nSPS) is 15.3. The molecule has 0 unspecified atom stereocenters. The fourth-order valence-electron chi connectivity index (χ4n) is 6.52. The van der Waals surface area contributed by atoms with E-state index in [-0.39, 0.29) is 92.8 Å². The summed E-state index contributed by atoms with van der Waals surface area (Å²) < 4.78 is 104. The van der Waals surface area contributed by atoms with E-state index >= 15 is 0 Å². The Hall–Kier alpha value is -3.02. The van der Waals surface area contributed by atoms with E-state index in [4.69, 9.17) is 50.5 Å². The van der Waals surface area contributed by atoms with E-state index in [9.17, 15) is 26.3 Å². The van der Waals surface area contributed by atoms with Gasteiger partial charge in [-0.05, 0) is 118 Å². The Kier molecular flexibility index (Phi) is 18.8. The van der Waals surface area contributed by atoms with E-state index in [0.29, 0.717) is 12.8 Å². The SMILES string of the molecule is Nc1c(Cc2ccc(I)cc2F)c(F)c(F)c2ccoc12.Nc1c(Cc2ccc(I)cc2F)c(F)c(F)c2ccoc12.OC[C@@H](O)CC1(OOS)CC1.OC[C@H](O)CC1(OOS)CC1. The summed E-state index contributed by atoms with van der Waals surface area (Å²) in [5.74, 6) is -5.18. The summed E-state index contributed by atoms with van der Waals surface area (Å²) in [5, 5.41) is 35.1. The van der Waals surface area contributed by atoms with Gasteiger partial charge < -0.3 is 40.7 Å². The minimum Gasteiger partial charge on any atom is -0.462 e. The van der Waals surface area contributed by atoms with Crippen molar-refractivity contribution in [3.63, 3.8) is 0 Å². The molecule has 2 fully saturated rings. The maximum absolute atomic E-state index is 14.1. The van der Waals surface area contributed by atoms with Crippen LogP contribution in [0.5, 0.6) is 0 Å². The van der Waals surface area contributed by atoms with Crippen molar-refractivity contribution in [3.05, 3.63) is 125 Å². The lowest BCUT2D eigenvalue weighted by Gasteiger charge is -2.15. The van der Waals surface area contributed by atoms with Crippen molar-refractivity contribution < 1.29 is 74.0 Å². The maximum Gasteiger partial charge on any atom is 0.170 e. The molecule has 2 aromatic heterocycles. The molecule has 2 saturated carbocycles. The van der Waals surface area contributed by atoms with Crippen LogP contribution in [0.2, 0.25) is 0 Å². The number of anilines is 2. The number of halogens is 8. The van der Waals surface area contributed by atoms with Crippen LogP contribution in [-0.4, -0.2) is 57.0 Å². The molecule has 22 heteroatoms. The van der Waals surface area contributed by atoms with Gasteiger partial charge in [-0.1, -0.05) is 12.1 Å². The van der Waals surface area contributed by atoms with Crippen molar-refractivity contribution in [3.8, 4) is 0 Å². The first-order chi connectivity index (χ1) is 30.4. The van der Waals surface area contributed by atoms with E-state index in [0.717, 1.165) is 32.8 Å². The number of furan rings is 2. The molecule has 0 spiro atoms. The van der Waals surface area contributed by atoms with E-state index in [2.05, 4.69) is 34.5 Å². The van der Waals surface area contributed by atoms with Crippen molar-refractivity contribution in [1.82, 2.24) is 0 Å². The van der Waals surface area contributed by atoms with Crippen LogP contribution in [0.1, 0.15) is 60.8 Å². The summed E-state index contributed by atoms with van der Waals surface area (Å²) in [4.78, 5) is 9.61. The van der Waals surface area contributed by atoms with Gasteiger partial charge in [0.15, 0.2) is 34.4 Å². The molecule has 0 radical (unpaired) electrons. The third-order valence-corrected chi connectivity index (χ3v) is 11.8. The monoisotopic (exact) mass is 1170 g/mol. The molecule has 4 aromatic carbocycles. The summed E-state index contributed by atoms with van der Waals surface area (Å²) in [5.41, 5.74) is 11.3. The van der Waals surface area contributed by atoms with Gasteiger partial charge in [0.2, 0.25) is 0 Å². The average Bonchev–Trinajstić information content (AvgIpc) is 4.05. The Balaban J connectivity index is 0.000000168. The minimum absolute atomic E-state index is 0.00755. The van der Waals surface area contributed by atoms with Gasteiger partial charge in [0, 0.05) is 69.8 Å². The second-order valence-corrected chi connectivity index (χ2v) is 17.7. The predicted octanol–water partition coefficient (Wildman–Crippen LogP) is 9.37. The van der Waals surface area contributed by atoms with Crippen molar-refractivity contribution in [1.29, 1.82) is 0 Å².